The molecule has 1 fully saturated rings. The molecule has 1 aliphatic heterocycles. The maximum Gasteiger partial charge on any atom is 0.264 e. The van der Waals surface area contributed by atoms with E-state index < -0.39 is 10.0 Å². The summed E-state index contributed by atoms with van der Waals surface area (Å²) < 4.78 is 41.0. The number of aryl methyl sites for hydroxylation is 1. The number of nitrogens with one attached hydrogen (secondary N) is 1. The number of hydrogen-bond acceptors (Lipinski definition) is 7. The van der Waals surface area contributed by atoms with Crippen molar-refractivity contribution >= 4 is 52.7 Å². The summed E-state index contributed by atoms with van der Waals surface area (Å²) >= 11 is 0.0767. The molecule has 2 aromatic carbocycles. The highest BCUT2D eigenvalue weighted by Crippen LogP contribution is 2.30. The van der Waals surface area contributed by atoms with E-state index >= 15 is 0 Å². The zero-order chi connectivity index (χ0) is 25.6. The van der Waals surface area contributed by atoms with Crippen LogP contribution in [0.2, 0.25) is 0 Å². The zero-order valence-corrected chi connectivity index (χ0v) is 21.2. The van der Waals surface area contributed by atoms with Crippen LogP contribution in [0.4, 0.5) is 15.3 Å². The highest BCUT2D eigenvalue weighted by molar-refractivity contribution is 7.97. The van der Waals surface area contributed by atoms with Gasteiger partial charge in [0, 0.05) is 43.0 Å². The SMILES string of the molecule is C=N/C(=C\SF)C(=C)N1CCN(C(=C)c2ccc(NS(=O)(=O)c3cccc(C)c3N=C)cc2)CC1. The van der Waals surface area contributed by atoms with Crippen LogP contribution < -0.4 is 4.72 Å². The Labute approximate surface area is 210 Å². The first-order chi connectivity index (χ1) is 16.7. The molecule has 35 heavy (non-hydrogen) atoms. The monoisotopic (exact) mass is 513 g/mol. The molecule has 0 radical (unpaired) electrons. The van der Waals surface area contributed by atoms with Crippen molar-refractivity contribution in [2.24, 2.45) is 9.98 Å². The molecular weight excluding hydrogens is 485 g/mol. The summed E-state index contributed by atoms with van der Waals surface area (Å²) in [6.45, 7) is 19.7. The molecular formula is C25H28FN5O2S2. The van der Waals surface area contributed by atoms with Gasteiger partial charge in [-0.2, -0.15) is 3.89 Å². The molecule has 184 valence electrons. The molecule has 0 aliphatic carbocycles. The zero-order valence-electron chi connectivity index (χ0n) is 19.6. The van der Waals surface area contributed by atoms with Crippen molar-refractivity contribution in [2.45, 2.75) is 11.8 Å². The molecule has 10 heteroatoms. The minimum Gasteiger partial charge on any atom is -0.368 e. The second-order valence-corrected chi connectivity index (χ2v) is 9.95. The fraction of sp³-hybridized carbons (Fsp3) is 0.200. The number of anilines is 1. The number of sulfonamides is 1. The number of hydrogen-bond donors (Lipinski definition) is 1. The third-order valence-electron chi connectivity index (χ3n) is 5.78. The highest BCUT2D eigenvalue weighted by atomic mass is 32.2. The van der Waals surface area contributed by atoms with E-state index in [-0.39, 0.29) is 17.0 Å². The van der Waals surface area contributed by atoms with Crippen molar-refractivity contribution < 1.29 is 12.3 Å². The predicted octanol–water partition coefficient (Wildman–Crippen LogP) is 5.39. The lowest BCUT2D eigenvalue weighted by molar-refractivity contribution is 0.217. The van der Waals surface area contributed by atoms with E-state index in [1.807, 2.05) is 17.0 Å². The van der Waals surface area contributed by atoms with Crippen molar-refractivity contribution in [3.8, 4) is 0 Å². The maximum atomic E-state index is 12.9. The summed E-state index contributed by atoms with van der Waals surface area (Å²) in [5, 5.41) is 1.28. The number of nitrogens with zero attached hydrogens (tertiary/aromatic N) is 4. The second-order valence-electron chi connectivity index (χ2n) is 7.88. The molecule has 1 saturated heterocycles. The molecule has 0 amide bonds. The fourth-order valence-electron chi connectivity index (χ4n) is 3.82. The Bertz CT molecular complexity index is 1270. The number of aliphatic imine (C=N–C) groups is 2. The number of benzene rings is 2. The standard InChI is InChI=1S/C25H28FN5O2S2/c1-18-7-6-8-24(25(18)28-5)35(32,33)29-22-11-9-21(10-12-22)19(2)30-13-15-31(16-14-30)20(3)23(27-4)17-34-26/h6-12,17,29H,2-5,13-16H2,1H3/b23-17-. The van der Waals surface area contributed by atoms with Crippen LogP contribution in [0.15, 0.2) is 87.3 Å². The molecule has 0 aromatic heterocycles. The minimum atomic E-state index is -3.83. The lowest BCUT2D eigenvalue weighted by Crippen LogP contribution is -2.44. The van der Waals surface area contributed by atoms with Gasteiger partial charge in [0.25, 0.3) is 10.0 Å². The lowest BCUT2D eigenvalue weighted by atomic mass is 10.1. The molecule has 7 nitrogen and oxygen atoms in total. The van der Waals surface area contributed by atoms with Crippen molar-refractivity contribution in [3.05, 3.63) is 83.6 Å². The molecule has 1 N–H and O–H groups in total. The summed E-state index contributed by atoms with van der Waals surface area (Å²) in [6, 6.07) is 12.0. The van der Waals surface area contributed by atoms with Crippen LogP contribution >= 0.6 is 12.1 Å². The van der Waals surface area contributed by atoms with Crippen LogP contribution in [-0.2, 0) is 10.0 Å². The Kier molecular flexibility index (Phi) is 8.52. The van der Waals surface area contributed by atoms with Crippen LogP contribution in [0.3, 0.4) is 0 Å². The molecule has 0 spiro atoms. The summed E-state index contributed by atoms with van der Waals surface area (Å²) in [7, 11) is -3.83. The average molecular weight is 514 g/mol. The van der Waals surface area contributed by atoms with Gasteiger partial charge in [-0.15, -0.1) is 0 Å². The first-order valence-corrected chi connectivity index (χ1v) is 13.0. The van der Waals surface area contributed by atoms with Gasteiger partial charge in [-0.05, 0) is 49.7 Å². The van der Waals surface area contributed by atoms with E-state index in [2.05, 4.69) is 46.2 Å². The van der Waals surface area contributed by atoms with Gasteiger partial charge in [-0.3, -0.25) is 14.7 Å². The number of piperazine rings is 1. The smallest absolute Gasteiger partial charge is 0.264 e. The van der Waals surface area contributed by atoms with Gasteiger partial charge in [-0.1, -0.05) is 37.4 Å². The third kappa shape index (κ3) is 6.01. The van der Waals surface area contributed by atoms with Crippen molar-refractivity contribution in [2.75, 3.05) is 30.9 Å². The molecule has 0 bridgehead atoms. The molecule has 0 unspecified atom stereocenters. The lowest BCUT2D eigenvalue weighted by Gasteiger charge is -2.39. The van der Waals surface area contributed by atoms with E-state index in [1.54, 1.807) is 31.2 Å². The van der Waals surface area contributed by atoms with Gasteiger partial charge >= 0.3 is 0 Å². The Morgan fingerprint density at radius 1 is 1.06 bits per heavy atom. The first-order valence-electron chi connectivity index (χ1n) is 10.7. The number of para-hydroxylation sites is 1. The average Bonchev–Trinajstić information content (AvgIpc) is 2.86. The van der Waals surface area contributed by atoms with Crippen LogP contribution in [0.5, 0.6) is 0 Å². The highest BCUT2D eigenvalue weighted by Gasteiger charge is 2.22. The van der Waals surface area contributed by atoms with E-state index in [4.69, 9.17) is 0 Å². The van der Waals surface area contributed by atoms with Crippen LogP contribution in [-0.4, -0.2) is 57.8 Å². The van der Waals surface area contributed by atoms with E-state index in [0.29, 0.717) is 48.9 Å². The molecule has 1 heterocycles. The second kappa shape index (κ2) is 11.4. The topological polar surface area (TPSA) is 77.4 Å². The van der Waals surface area contributed by atoms with Gasteiger partial charge < -0.3 is 9.80 Å². The Balaban J connectivity index is 1.66. The van der Waals surface area contributed by atoms with Gasteiger partial charge in [-0.25, -0.2) is 8.42 Å². The summed E-state index contributed by atoms with van der Waals surface area (Å²) in [5.74, 6) is 0. The Hall–Kier alpha value is -3.37. The van der Waals surface area contributed by atoms with Gasteiger partial charge in [0.05, 0.1) is 29.2 Å². The molecule has 2 aromatic rings. The van der Waals surface area contributed by atoms with Gasteiger partial charge in [0.15, 0.2) is 0 Å². The quantitative estimate of drug-likeness (QED) is 0.341. The molecule has 0 atom stereocenters. The molecule has 1 aliphatic rings. The first kappa shape index (κ1) is 26.2. The normalized spacial score (nSPS) is 14.4. The maximum absolute atomic E-state index is 12.9. The van der Waals surface area contributed by atoms with Crippen molar-refractivity contribution in [3.63, 3.8) is 0 Å². The minimum absolute atomic E-state index is 0.0767. The fourth-order valence-corrected chi connectivity index (χ4v) is 5.41. The van der Waals surface area contributed by atoms with Crippen LogP contribution in [0.25, 0.3) is 5.70 Å². The molecule has 3 rings (SSSR count). The third-order valence-corrected chi connectivity index (χ3v) is 7.51. The van der Waals surface area contributed by atoms with Crippen molar-refractivity contribution in [1.82, 2.24) is 9.80 Å². The Morgan fingerprint density at radius 3 is 2.26 bits per heavy atom. The summed E-state index contributed by atoms with van der Waals surface area (Å²) in [4.78, 5) is 12.0. The Morgan fingerprint density at radius 2 is 1.69 bits per heavy atom. The number of halogens is 1. The summed E-state index contributed by atoms with van der Waals surface area (Å²) in [6.07, 6.45) is 0. The number of rotatable bonds is 10. The van der Waals surface area contributed by atoms with E-state index in [1.165, 1.54) is 11.5 Å². The van der Waals surface area contributed by atoms with Crippen LogP contribution in [0.1, 0.15) is 11.1 Å². The largest absolute Gasteiger partial charge is 0.368 e. The van der Waals surface area contributed by atoms with Crippen molar-refractivity contribution in [1.29, 1.82) is 0 Å². The van der Waals surface area contributed by atoms with E-state index in [9.17, 15) is 12.3 Å². The predicted molar refractivity (Wildman–Crippen MR) is 145 cm³/mol. The molecule has 0 saturated carbocycles. The van der Waals surface area contributed by atoms with Crippen LogP contribution in [0, 0.1) is 6.92 Å². The van der Waals surface area contributed by atoms with E-state index in [0.717, 1.165) is 16.8 Å². The van der Waals surface area contributed by atoms with Gasteiger partial charge in [0.2, 0.25) is 0 Å². The summed E-state index contributed by atoms with van der Waals surface area (Å²) in [5.41, 5.74) is 4.26. The van der Waals surface area contributed by atoms with Gasteiger partial charge in [0.1, 0.15) is 4.90 Å².